The summed E-state index contributed by atoms with van der Waals surface area (Å²) in [6, 6.07) is 17.3. The SMILES string of the molecule is CCN1C(=O)[C@H](c2ccccc2)SC1=NS(=O)(=O)c1ccccc1. The third-order valence-corrected chi connectivity index (χ3v) is 6.23. The Hall–Kier alpha value is -2.12. The number of hydrogen-bond donors (Lipinski definition) is 0. The minimum absolute atomic E-state index is 0.116. The van der Waals surface area contributed by atoms with Crippen molar-refractivity contribution in [3.63, 3.8) is 0 Å². The summed E-state index contributed by atoms with van der Waals surface area (Å²) in [5, 5.41) is -0.240. The van der Waals surface area contributed by atoms with Crippen LogP contribution in [-0.2, 0) is 14.8 Å². The van der Waals surface area contributed by atoms with Crippen LogP contribution in [0.25, 0.3) is 0 Å². The lowest BCUT2D eigenvalue weighted by Gasteiger charge is -2.13. The molecule has 0 saturated carbocycles. The number of likely N-dealkylation sites (N-methyl/N-ethyl adjacent to an activating group) is 1. The number of rotatable bonds is 4. The minimum Gasteiger partial charge on any atom is -0.290 e. The molecule has 124 valence electrons. The molecule has 1 aliphatic heterocycles. The zero-order chi connectivity index (χ0) is 17.2. The fraction of sp³-hybridized carbons (Fsp3) is 0.176. The van der Waals surface area contributed by atoms with Gasteiger partial charge in [0.2, 0.25) is 5.91 Å². The molecule has 7 heteroatoms. The summed E-state index contributed by atoms with van der Waals surface area (Å²) in [5.41, 5.74) is 0.841. The molecule has 1 saturated heterocycles. The molecule has 3 rings (SSSR count). The van der Waals surface area contributed by atoms with Gasteiger partial charge >= 0.3 is 0 Å². The maximum atomic E-state index is 12.6. The van der Waals surface area contributed by atoms with Crippen molar-refractivity contribution in [2.24, 2.45) is 4.40 Å². The zero-order valence-electron chi connectivity index (χ0n) is 13.0. The van der Waals surface area contributed by atoms with Gasteiger partial charge < -0.3 is 0 Å². The second kappa shape index (κ2) is 6.78. The first-order valence-corrected chi connectivity index (χ1v) is 9.78. The molecule has 1 amide bonds. The minimum atomic E-state index is -3.84. The Labute approximate surface area is 145 Å². The molecule has 0 radical (unpaired) electrons. The second-order valence-corrected chi connectivity index (χ2v) is 7.83. The Morgan fingerprint density at radius 1 is 1.04 bits per heavy atom. The van der Waals surface area contributed by atoms with Crippen LogP contribution in [0, 0.1) is 0 Å². The number of benzene rings is 2. The van der Waals surface area contributed by atoms with Gasteiger partial charge in [0.1, 0.15) is 5.25 Å². The Bertz CT molecular complexity index is 865. The van der Waals surface area contributed by atoms with Gasteiger partial charge in [-0.1, -0.05) is 60.3 Å². The number of sulfonamides is 1. The fourth-order valence-electron chi connectivity index (χ4n) is 2.40. The fourth-order valence-corrected chi connectivity index (χ4v) is 4.86. The predicted octanol–water partition coefficient (Wildman–Crippen LogP) is 3.07. The first-order valence-electron chi connectivity index (χ1n) is 7.46. The normalized spacial score (nSPS) is 19.9. The molecule has 1 aliphatic rings. The maximum Gasteiger partial charge on any atom is 0.284 e. The van der Waals surface area contributed by atoms with Gasteiger partial charge in [0.05, 0.1) is 4.90 Å². The van der Waals surface area contributed by atoms with Crippen LogP contribution in [0.15, 0.2) is 70.0 Å². The van der Waals surface area contributed by atoms with Crippen molar-refractivity contribution >= 4 is 32.9 Å². The number of hydrogen-bond acceptors (Lipinski definition) is 4. The zero-order valence-corrected chi connectivity index (χ0v) is 14.6. The molecule has 5 nitrogen and oxygen atoms in total. The number of carbonyl (C=O) groups excluding carboxylic acids is 1. The number of thioether (sulfide) groups is 1. The lowest BCUT2D eigenvalue weighted by molar-refractivity contribution is -0.126. The molecule has 0 spiro atoms. The van der Waals surface area contributed by atoms with Gasteiger partial charge in [-0.2, -0.15) is 8.42 Å². The van der Waals surface area contributed by atoms with E-state index in [0.29, 0.717) is 6.54 Å². The van der Waals surface area contributed by atoms with Crippen LogP contribution in [0.4, 0.5) is 0 Å². The maximum absolute atomic E-state index is 12.6. The van der Waals surface area contributed by atoms with Crippen LogP contribution in [0.2, 0.25) is 0 Å². The van der Waals surface area contributed by atoms with Gasteiger partial charge in [0.15, 0.2) is 5.17 Å². The molecule has 0 N–H and O–H groups in total. The first-order chi connectivity index (χ1) is 11.5. The van der Waals surface area contributed by atoms with E-state index in [1.807, 2.05) is 30.3 Å². The average molecular weight is 360 g/mol. The van der Waals surface area contributed by atoms with Crippen molar-refractivity contribution in [2.75, 3.05) is 6.54 Å². The molecule has 2 aromatic carbocycles. The number of nitrogens with zero attached hydrogens (tertiary/aromatic N) is 2. The molecular formula is C17H16N2O3S2. The van der Waals surface area contributed by atoms with E-state index >= 15 is 0 Å². The third-order valence-electron chi connectivity index (χ3n) is 3.60. The van der Waals surface area contributed by atoms with Crippen molar-refractivity contribution in [3.8, 4) is 0 Å². The van der Waals surface area contributed by atoms with Crippen molar-refractivity contribution in [1.82, 2.24) is 4.90 Å². The van der Waals surface area contributed by atoms with E-state index in [1.54, 1.807) is 25.1 Å². The lowest BCUT2D eigenvalue weighted by atomic mass is 10.1. The highest BCUT2D eigenvalue weighted by atomic mass is 32.2. The summed E-state index contributed by atoms with van der Waals surface area (Å²) in [6.07, 6.45) is 0. The molecule has 0 aliphatic carbocycles. The van der Waals surface area contributed by atoms with Crippen molar-refractivity contribution in [2.45, 2.75) is 17.1 Å². The van der Waals surface area contributed by atoms with Crippen LogP contribution in [-0.4, -0.2) is 30.9 Å². The lowest BCUT2D eigenvalue weighted by Crippen LogP contribution is -2.30. The van der Waals surface area contributed by atoms with E-state index in [-0.39, 0.29) is 16.0 Å². The number of amidine groups is 1. The van der Waals surface area contributed by atoms with Crippen LogP contribution >= 0.6 is 11.8 Å². The summed E-state index contributed by atoms with van der Waals surface area (Å²) in [7, 11) is -3.84. The Kier molecular flexibility index (Phi) is 4.73. The molecule has 1 fully saturated rings. The van der Waals surface area contributed by atoms with E-state index in [9.17, 15) is 13.2 Å². The molecule has 1 heterocycles. The Morgan fingerprint density at radius 3 is 2.21 bits per heavy atom. The Morgan fingerprint density at radius 2 is 1.62 bits per heavy atom. The van der Waals surface area contributed by atoms with E-state index in [2.05, 4.69) is 4.40 Å². The summed E-state index contributed by atoms with van der Waals surface area (Å²) in [5.74, 6) is -0.143. The van der Waals surface area contributed by atoms with Crippen molar-refractivity contribution in [3.05, 3.63) is 66.2 Å². The highest BCUT2D eigenvalue weighted by Gasteiger charge is 2.39. The number of amides is 1. The van der Waals surface area contributed by atoms with E-state index in [1.165, 1.54) is 28.8 Å². The van der Waals surface area contributed by atoms with Crippen LogP contribution in [0.3, 0.4) is 0 Å². The second-order valence-electron chi connectivity index (χ2n) is 5.15. The number of carbonyl (C=O) groups is 1. The molecule has 1 atom stereocenters. The quantitative estimate of drug-likeness (QED) is 0.840. The summed E-state index contributed by atoms with van der Waals surface area (Å²) in [6.45, 7) is 2.18. The molecule has 0 aromatic heterocycles. The summed E-state index contributed by atoms with van der Waals surface area (Å²) < 4.78 is 28.8. The molecule has 0 unspecified atom stereocenters. The molecule has 0 bridgehead atoms. The van der Waals surface area contributed by atoms with E-state index < -0.39 is 15.3 Å². The van der Waals surface area contributed by atoms with Gasteiger partial charge in [-0.05, 0) is 24.6 Å². The first kappa shape index (κ1) is 16.7. The van der Waals surface area contributed by atoms with Crippen LogP contribution in [0.5, 0.6) is 0 Å². The topological polar surface area (TPSA) is 66.8 Å². The highest BCUT2D eigenvalue weighted by molar-refractivity contribution is 8.15. The standard InChI is InChI=1S/C17H16N2O3S2/c1-2-19-16(20)15(13-9-5-3-6-10-13)23-17(19)18-24(21,22)14-11-7-4-8-12-14/h3-12,15H,2H2,1H3/t15-/m0/s1. The van der Waals surface area contributed by atoms with Gasteiger partial charge in [0.25, 0.3) is 10.0 Å². The van der Waals surface area contributed by atoms with Gasteiger partial charge in [-0.3, -0.25) is 9.69 Å². The summed E-state index contributed by atoms with van der Waals surface area (Å²) >= 11 is 1.17. The van der Waals surface area contributed by atoms with Crippen molar-refractivity contribution < 1.29 is 13.2 Å². The van der Waals surface area contributed by atoms with Crippen LogP contribution < -0.4 is 0 Å². The third kappa shape index (κ3) is 3.22. The monoisotopic (exact) mass is 360 g/mol. The molecular weight excluding hydrogens is 344 g/mol. The van der Waals surface area contributed by atoms with Gasteiger partial charge in [-0.25, -0.2) is 0 Å². The van der Waals surface area contributed by atoms with Crippen molar-refractivity contribution in [1.29, 1.82) is 0 Å². The molecule has 2 aromatic rings. The van der Waals surface area contributed by atoms with Gasteiger partial charge in [-0.15, -0.1) is 4.40 Å². The predicted molar refractivity (Wildman–Crippen MR) is 95.2 cm³/mol. The van der Waals surface area contributed by atoms with E-state index in [4.69, 9.17) is 0 Å². The highest BCUT2D eigenvalue weighted by Crippen LogP contribution is 2.39. The summed E-state index contributed by atoms with van der Waals surface area (Å²) in [4.78, 5) is 14.1. The Balaban J connectivity index is 1.97. The average Bonchev–Trinajstić information content (AvgIpc) is 2.91. The van der Waals surface area contributed by atoms with Crippen LogP contribution in [0.1, 0.15) is 17.7 Å². The van der Waals surface area contributed by atoms with Gasteiger partial charge in [0, 0.05) is 6.54 Å². The molecule has 24 heavy (non-hydrogen) atoms. The van der Waals surface area contributed by atoms with E-state index in [0.717, 1.165) is 5.56 Å². The largest absolute Gasteiger partial charge is 0.290 e. The smallest absolute Gasteiger partial charge is 0.284 e.